The number of hydrogen-bond acceptors (Lipinski definition) is 6. The van der Waals surface area contributed by atoms with Crippen molar-refractivity contribution in [3.8, 4) is 5.75 Å². The highest BCUT2D eigenvalue weighted by molar-refractivity contribution is 7.10. The second-order valence-electron chi connectivity index (χ2n) is 7.11. The summed E-state index contributed by atoms with van der Waals surface area (Å²) in [4.78, 5) is 35.7. The van der Waals surface area contributed by atoms with E-state index in [-0.39, 0.29) is 22.8 Å². The molecular formula is C23H16FN3O4S. The number of aromatic amines is 1. The number of thiophene rings is 1. The van der Waals surface area contributed by atoms with Crippen LogP contribution >= 0.6 is 11.3 Å². The number of carbonyl (C=O) groups excluding carboxylic acids is 2. The number of nitrogens with zero attached hydrogens (tertiary/aromatic N) is 2. The van der Waals surface area contributed by atoms with E-state index in [9.17, 15) is 19.1 Å². The fraction of sp³-hybridized carbons (Fsp3) is 0.0870. The van der Waals surface area contributed by atoms with E-state index in [1.807, 2.05) is 12.1 Å². The van der Waals surface area contributed by atoms with Gasteiger partial charge < -0.3 is 14.8 Å². The second-order valence-corrected chi connectivity index (χ2v) is 8.09. The number of aromatic nitrogens is 2. The molecule has 2 aromatic heterocycles. The molecule has 1 unspecified atom stereocenters. The van der Waals surface area contributed by atoms with Gasteiger partial charge in [-0.05, 0) is 41.8 Å². The zero-order chi connectivity index (χ0) is 22.4. The molecule has 160 valence electrons. The Morgan fingerprint density at radius 3 is 2.72 bits per heavy atom. The van der Waals surface area contributed by atoms with Crippen molar-refractivity contribution in [2.75, 3.05) is 12.0 Å². The van der Waals surface area contributed by atoms with Crippen LogP contribution in [0.3, 0.4) is 0 Å². The van der Waals surface area contributed by atoms with Crippen molar-refractivity contribution in [1.29, 1.82) is 0 Å². The minimum atomic E-state index is -0.941. The molecule has 1 aliphatic heterocycles. The lowest BCUT2D eigenvalue weighted by atomic mass is 9.99. The largest absolute Gasteiger partial charge is 0.507 e. The van der Waals surface area contributed by atoms with Crippen LogP contribution in [0.15, 0.2) is 65.6 Å². The number of amides is 1. The second kappa shape index (κ2) is 7.61. The first kappa shape index (κ1) is 20.0. The van der Waals surface area contributed by atoms with Gasteiger partial charge in [0, 0.05) is 4.88 Å². The van der Waals surface area contributed by atoms with E-state index in [1.54, 1.807) is 29.6 Å². The summed E-state index contributed by atoms with van der Waals surface area (Å²) in [5, 5.41) is 12.9. The van der Waals surface area contributed by atoms with Crippen molar-refractivity contribution in [2.45, 2.75) is 6.04 Å². The maximum Gasteiger partial charge on any atom is 0.302 e. The van der Waals surface area contributed by atoms with Crippen molar-refractivity contribution < 1.29 is 23.8 Å². The molecule has 0 spiro atoms. The molecule has 4 aromatic rings. The molecule has 2 N–H and O–H groups in total. The van der Waals surface area contributed by atoms with E-state index in [0.717, 1.165) is 6.07 Å². The first-order chi connectivity index (χ1) is 15.5. The summed E-state index contributed by atoms with van der Waals surface area (Å²) in [6.07, 6.45) is 0. The summed E-state index contributed by atoms with van der Waals surface area (Å²) < 4.78 is 19.2. The molecule has 7 nitrogen and oxygen atoms in total. The third-order valence-corrected chi connectivity index (χ3v) is 6.20. The summed E-state index contributed by atoms with van der Waals surface area (Å²) in [5.74, 6) is -2.53. The van der Waals surface area contributed by atoms with Gasteiger partial charge in [-0.1, -0.05) is 18.2 Å². The quantitative estimate of drug-likeness (QED) is 0.274. The Morgan fingerprint density at radius 1 is 1.19 bits per heavy atom. The third-order valence-electron chi connectivity index (χ3n) is 5.28. The summed E-state index contributed by atoms with van der Waals surface area (Å²) in [6.45, 7) is 0. The van der Waals surface area contributed by atoms with E-state index in [0.29, 0.717) is 15.9 Å². The summed E-state index contributed by atoms with van der Waals surface area (Å²) >= 11 is 1.32. The number of carbonyl (C=O) groups is 2. The summed E-state index contributed by atoms with van der Waals surface area (Å²) in [6, 6.07) is 13.4. The van der Waals surface area contributed by atoms with Crippen LogP contribution in [0.25, 0.3) is 16.8 Å². The minimum Gasteiger partial charge on any atom is -0.507 e. The number of halogens is 1. The first-order valence-corrected chi connectivity index (χ1v) is 10.5. The maximum atomic E-state index is 14.0. The molecule has 0 bridgehead atoms. The standard InChI is InChI=1S/C23H16FN3O4S/c1-31-16-9-8-12(24)11-13(16)20(28)18-19(17-7-4-10-32-17)27(22(30)21(18)29)23-25-14-5-2-3-6-15(14)26-23/h2-11,19,28H,1H3,(H,25,26)/b20-18+. The monoisotopic (exact) mass is 449 g/mol. The maximum absolute atomic E-state index is 14.0. The SMILES string of the molecule is COc1ccc(F)cc1/C(O)=C1\C(=O)C(=O)N(c2nc3ccccc3[nH]2)C1c1cccs1. The Hall–Kier alpha value is -3.98. The molecule has 0 radical (unpaired) electrons. The Bertz CT molecular complexity index is 1360. The molecule has 0 saturated carbocycles. The zero-order valence-electron chi connectivity index (χ0n) is 16.7. The topological polar surface area (TPSA) is 95.5 Å². The number of aliphatic hydroxyl groups excluding tert-OH is 1. The van der Waals surface area contributed by atoms with Gasteiger partial charge >= 0.3 is 5.91 Å². The highest BCUT2D eigenvalue weighted by atomic mass is 32.1. The van der Waals surface area contributed by atoms with Crippen molar-refractivity contribution in [3.05, 3.63) is 81.8 Å². The Kier molecular flexibility index (Phi) is 4.75. The van der Waals surface area contributed by atoms with Gasteiger partial charge in [0.25, 0.3) is 5.78 Å². The predicted molar refractivity (Wildman–Crippen MR) is 118 cm³/mol. The summed E-state index contributed by atoms with van der Waals surface area (Å²) in [5.41, 5.74) is 1.14. The van der Waals surface area contributed by atoms with Gasteiger partial charge in [-0.3, -0.25) is 14.5 Å². The Morgan fingerprint density at radius 2 is 2.00 bits per heavy atom. The molecule has 0 aliphatic carbocycles. The van der Waals surface area contributed by atoms with Crippen LogP contribution in [0.2, 0.25) is 0 Å². The van der Waals surface area contributed by atoms with Gasteiger partial charge in [-0.25, -0.2) is 9.37 Å². The highest BCUT2D eigenvalue weighted by Gasteiger charge is 2.48. The number of ether oxygens (including phenoxy) is 1. The number of ketones is 1. The number of hydrogen-bond donors (Lipinski definition) is 2. The highest BCUT2D eigenvalue weighted by Crippen LogP contribution is 2.44. The average molecular weight is 449 g/mol. The number of aliphatic hydroxyl groups is 1. The minimum absolute atomic E-state index is 0.0170. The number of methoxy groups -OCH3 is 1. The van der Waals surface area contributed by atoms with Crippen LogP contribution in [0.5, 0.6) is 5.75 Å². The molecule has 1 amide bonds. The van der Waals surface area contributed by atoms with Crippen molar-refractivity contribution in [1.82, 2.24) is 9.97 Å². The van der Waals surface area contributed by atoms with Crippen LogP contribution in [0, 0.1) is 5.82 Å². The van der Waals surface area contributed by atoms with E-state index >= 15 is 0 Å². The number of Topliss-reactive ketones (excluding diaryl/α,β-unsaturated/α-hetero) is 1. The van der Waals surface area contributed by atoms with Gasteiger partial charge in [0.15, 0.2) is 0 Å². The number of rotatable bonds is 4. The number of para-hydroxylation sites is 2. The fourth-order valence-electron chi connectivity index (χ4n) is 3.83. The van der Waals surface area contributed by atoms with Crippen molar-refractivity contribution in [3.63, 3.8) is 0 Å². The normalized spacial score (nSPS) is 17.9. The first-order valence-electron chi connectivity index (χ1n) is 9.62. The van der Waals surface area contributed by atoms with E-state index < -0.39 is 29.3 Å². The molecule has 5 rings (SSSR count). The molecular weight excluding hydrogens is 433 g/mol. The van der Waals surface area contributed by atoms with Gasteiger partial charge in [0.05, 0.1) is 29.3 Å². The molecule has 3 heterocycles. The summed E-state index contributed by atoms with van der Waals surface area (Å²) in [7, 11) is 1.37. The number of anilines is 1. The van der Waals surface area contributed by atoms with Crippen LogP contribution in [0.1, 0.15) is 16.5 Å². The lowest BCUT2D eigenvalue weighted by Gasteiger charge is -2.21. The molecule has 1 saturated heterocycles. The predicted octanol–water partition coefficient (Wildman–Crippen LogP) is 4.40. The number of H-pyrrole nitrogens is 1. The van der Waals surface area contributed by atoms with Gasteiger partial charge in [-0.15, -0.1) is 11.3 Å². The lowest BCUT2D eigenvalue weighted by Crippen LogP contribution is -2.30. The molecule has 1 aliphatic rings. The molecule has 2 aromatic carbocycles. The van der Waals surface area contributed by atoms with Crippen LogP contribution in [-0.4, -0.2) is 33.9 Å². The van der Waals surface area contributed by atoms with E-state index in [2.05, 4.69) is 9.97 Å². The molecule has 32 heavy (non-hydrogen) atoms. The van der Waals surface area contributed by atoms with Crippen LogP contribution in [-0.2, 0) is 9.59 Å². The molecule has 9 heteroatoms. The molecule has 1 atom stereocenters. The van der Waals surface area contributed by atoms with Gasteiger partial charge in [-0.2, -0.15) is 0 Å². The van der Waals surface area contributed by atoms with Crippen molar-refractivity contribution in [2.24, 2.45) is 0 Å². The third kappa shape index (κ3) is 3.05. The van der Waals surface area contributed by atoms with E-state index in [1.165, 1.54) is 35.5 Å². The van der Waals surface area contributed by atoms with Crippen LogP contribution in [0.4, 0.5) is 10.3 Å². The average Bonchev–Trinajstić information content (AvgIpc) is 3.52. The van der Waals surface area contributed by atoms with E-state index in [4.69, 9.17) is 4.74 Å². The van der Waals surface area contributed by atoms with Gasteiger partial charge in [0.1, 0.15) is 23.4 Å². The smallest absolute Gasteiger partial charge is 0.302 e. The lowest BCUT2D eigenvalue weighted by molar-refractivity contribution is -0.132. The van der Waals surface area contributed by atoms with Gasteiger partial charge in [0.2, 0.25) is 5.95 Å². The van der Waals surface area contributed by atoms with Crippen LogP contribution < -0.4 is 9.64 Å². The Balaban J connectivity index is 1.74. The zero-order valence-corrected chi connectivity index (χ0v) is 17.5. The number of nitrogens with one attached hydrogen (secondary N) is 1. The fourth-order valence-corrected chi connectivity index (χ4v) is 4.65. The number of benzene rings is 2. The van der Waals surface area contributed by atoms with Crippen molar-refractivity contribution >= 4 is 45.8 Å². The number of imidazole rings is 1. The Labute approximate surface area is 185 Å². The number of fused-ring (bicyclic) bond motifs is 1. The molecule has 1 fully saturated rings.